The molecule has 7 nitrogen and oxygen atoms in total. The summed E-state index contributed by atoms with van der Waals surface area (Å²) in [5.74, 6) is 0.749. The summed E-state index contributed by atoms with van der Waals surface area (Å²) < 4.78 is 32.9. The molecule has 1 aliphatic heterocycles. The van der Waals surface area contributed by atoms with E-state index in [4.69, 9.17) is 4.74 Å². The molecule has 0 bridgehead atoms. The summed E-state index contributed by atoms with van der Waals surface area (Å²) in [6, 6.07) is 14.1. The average molecular weight is 576 g/mol. The third kappa shape index (κ3) is 6.86. The van der Waals surface area contributed by atoms with Gasteiger partial charge < -0.3 is 19.9 Å². The van der Waals surface area contributed by atoms with Crippen LogP contribution in [0, 0.1) is 25.5 Å². The lowest BCUT2D eigenvalue weighted by atomic mass is 9.85. The number of amides is 2. The number of carbonyl (C=O) groups excluding carboxylic acids is 3. The molecule has 1 heterocycles. The number of aryl methyl sites for hydroxylation is 1. The summed E-state index contributed by atoms with van der Waals surface area (Å²) in [4.78, 5) is 40.3. The molecule has 3 aromatic rings. The predicted octanol–water partition coefficient (Wildman–Crippen LogP) is 6.18. The molecule has 0 atom stereocenters. The number of nitrogens with zero attached hydrogens (tertiary/aromatic N) is 2. The number of benzene rings is 3. The number of methoxy groups -OCH3 is 1. The number of likely N-dealkylation sites (tertiary alicyclic amines) is 1. The Morgan fingerprint density at radius 3 is 2.33 bits per heavy atom. The lowest BCUT2D eigenvalue weighted by Gasteiger charge is -2.35. The molecule has 0 aromatic heterocycles. The first kappa shape index (κ1) is 30.5. The van der Waals surface area contributed by atoms with Gasteiger partial charge in [0.1, 0.15) is 29.0 Å². The Bertz CT molecular complexity index is 1510. The van der Waals surface area contributed by atoms with Gasteiger partial charge in [0.2, 0.25) is 5.91 Å². The normalized spacial score (nSPS) is 13.3. The Balaban J connectivity index is 1.41. The first-order chi connectivity index (χ1) is 20.1. The molecule has 1 fully saturated rings. The van der Waals surface area contributed by atoms with Crippen molar-refractivity contribution in [3.63, 3.8) is 0 Å². The van der Waals surface area contributed by atoms with E-state index >= 15 is 0 Å². The number of anilines is 2. The van der Waals surface area contributed by atoms with Crippen molar-refractivity contribution in [1.29, 1.82) is 0 Å². The number of piperidine rings is 1. The second kappa shape index (κ2) is 13.4. The van der Waals surface area contributed by atoms with Crippen molar-refractivity contribution in [3.05, 3.63) is 94.2 Å². The van der Waals surface area contributed by atoms with Crippen molar-refractivity contribution in [2.24, 2.45) is 0 Å². The van der Waals surface area contributed by atoms with Crippen LogP contribution in [-0.2, 0) is 9.59 Å². The summed E-state index contributed by atoms with van der Waals surface area (Å²) >= 11 is 0. The number of nitrogens with one attached hydrogen (secondary N) is 1. The molecule has 0 unspecified atom stereocenters. The lowest BCUT2D eigenvalue weighted by molar-refractivity contribution is -0.116. The van der Waals surface area contributed by atoms with Crippen molar-refractivity contribution in [1.82, 2.24) is 4.90 Å². The Morgan fingerprint density at radius 2 is 1.74 bits per heavy atom. The summed E-state index contributed by atoms with van der Waals surface area (Å²) in [5.41, 5.74) is 4.84. The standard InChI is InChI=1S/C33H35F2N3O4/c1-21-5-11-29(22(2)32(21)36-33(41)25-6-9-28(42-4)10-7-25)24-13-16-37(17-14-24)27(20-39)15-18-38(23(3)40)31-12-8-26(34)19-30(31)35/h5-12,19,24H,13-18H2,1-4H3,(H,36,41). The van der Waals surface area contributed by atoms with E-state index in [-0.39, 0.29) is 30.5 Å². The van der Waals surface area contributed by atoms with E-state index in [0.717, 1.165) is 47.4 Å². The molecule has 1 saturated heterocycles. The van der Waals surface area contributed by atoms with Gasteiger partial charge in [-0.15, -0.1) is 0 Å². The molecule has 0 saturated carbocycles. The smallest absolute Gasteiger partial charge is 0.255 e. The van der Waals surface area contributed by atoms with E-state index in [1.807, 2.05) is 30.8 Å². The van der Waals surface area contributed by atoms with Crippen LogP contribution in [0.4, 0.5) is 20.2 Å². The quantitative estimate of drug-likeness (QED) is 0.308. The second-order valence-corrected chi connectivity index (χ2v) is 10.5. The summed E-state index contributed by atoms with van der Waals surface area (Å²) in [5, 5.41) is 3.08. The van der Waals surface area contributed by atoms with Crippen LogP contribution in [0.15, 0.2) is 60.3 Å². The van der Waals surface area contributed by atoms with Gasteiger partial charge in [-0.3, -0.25) is 9.59 Å². The fourth-order valence-electron chi connectivity index (χ4n) is 5.53. The molecule has 3 aromatic carbocycles. The summed E-state index contributed by atoms with van der Waals surface area (Å²) in [7, 11) is 1.58. The van der Waals surface area contributed by atoms with Gasteiger partial charge in [0, 0.05) is 50.3 Å². The maximum atomic E-state index is 14.3. The first-order valence-electron chi connectivity index (χ1n) is 13.9. The van der Waals surface area contributed by atoms with Crippen LogP contribution in [0.5, 0.6) is 5.75 Å². The molecule has 9 heteroatoms. The largest absolute Gasteiger partial charge is 0.497 e. The van der Waals surface area contributed by atoms with Crippen molar-refractivity contribution in [3.8, 4) is 5.75 Å². The summed E-state index contributed by atoms with van der Waals surface area (Å²) in [6.07, 6.45) is 1.75. The van der Waals surface area contributed by atoms with Crippen molar-refractivity contribution in [2.75, 3.05) is 37.0 Å². The van der Waals surface area contributed by atoms with Gasteiger partial charge >= 0.3 is 0 Å². The zero-order chi connectivity index (χ0) is 30.4. The molecular weight excluding hydrogens is 540 g/mol. The van der Waals surface area contributed by atoms with Crippen LogP contribution in [0.2, 0.25) is 0 Å². The molecule has 4 rings (SSSR count). The highest BCUT2D eigenvalue weighted by Gasteiger charge is 2.26. The van der Waals surface area contributed by atoms with E-state index < -0.39 is 17.5 Å². The molecule has 2 amide bonds. The minimum Gasteiger partial charge on any atom is -0.497 e. The average Bonchev–Trinajstić information content (AvgIpc) is 2.98. The van der Waals surface area contributed by atoms with Crippen molar-refractivity contribution < 1.29 is 27.9 Å². The predicted molar refractivity (Wildman–Crippen MR) is 159 cm³/mol. The highest BCUT2D eigenvalue weighted by molar-refractivity contribution is 6.05. The summed E-state index contributed by atoms with van der Waals surface area (Å²) in [6.45, 7) is 6.57. The third-order valence-corrected chi connectivity index (χ3v) is 7.89. The van der Waals surface area contributed by atoms with Crippen LogP contribution in [-0.4, -0.2) is 49.4 Å². The highest BCUT2D eigenvalue weighted by atomic mass is 19.1. The zero-order valence-electron chi connectivity index (χ0n) is 24.3. The van der Waals surface area contributed by atoms with Crippen molar-refractivity contribution >= 4 is 29.1 Å². The molecule has 1 N–H and O–H groups in total. The third-order valence-electron chi connectivity index (χ3n) is 7.89. The Kier molecular flexibility index (Phi) is 9.76. The number of rotatable bonds is 9. The topological polar surface area (TPSA) is 79.0 Å². The number of carbonyl (C=O) groups is 2. The second-order valence-electron chi connectivity index (χ2n) is 10.5. The van der Waals surface area contributed by atoms with Gasteiger partial charge in [-0.1, -0.05) is 12.1 Å². The van der Waals surface area contributed by atoms with E-state index in [9.17, 15) is 23.2 Å². The molecule has 0 radical (unpaired) electrons. The first-order valence-corrected chi connectivity index (χ1v) is 13.9. The zero-order valence-corrected chi connectivity index (χ0v) is 24.3. The Hall–Kier alpha value is -4.49. The SMILES string of the molecule is COc1ccc(C(=O)Nc2c(C)ccc(C3CCN(C(=C=O)CCN(C(C)=O)c4ccc(F)cc4F)CC3)c2C)cc1. The lowest BCUT2D eigenvalue weighted by Crippen LogP contribution is -2.36. The fraction of sp³-hybridized carbons (Fsp3) is 0.333. The highest BCUT2D eigenvalue weighted by Crippen LogP contribution is 2.36. The number of hydrogen-bond donors (Lipinski definition) is 1. The maximum Gasteiger partial charge on any atom is 0.255 e. The van der Waals surface area contributed by atoms with E-state index in [1.54, 1.807) is 31.4 Å². The number of ether oxygens (including phenoxy) is 1. The molecule has 1 aliphatic rings. The van der Waals surface area contributed by atoms with Gasteiger partial charge in [-0.25, -0.2) is 13.6 Å². The monoisotopic (exact) mass is 575 g/mol. The molecule has 0 spiro atoms. The van der Waals surface area contributed by atoms with Crippen molar-refractivity contribution in [2.45, 2.75) is 46.0 Å². The van der Waals surface area contributed by atoms with E-state index in [1.165, 1.54) is 17.9 Å². The van der Waals surface area contributed by atoms with Gasteiger partial charge in [0.05, 0.1) is 12.8 Å². The number of hydrogen-bond acceptors (Lipinski definition) is 5. The van der Waals surface area contributed by atoms with Crippen LogP contribution < -0.4 is 15.0 Å². The van der Waals surface area contributed by atoms with Gasteiger partial charge in [0.15, 0.2) is 0 Å². The van der Waals surface area contributed by atoms with Crippen LogP contribution in [0.3, 0.4) is 0 Å². The molecule has 220 valence electrons. The Labute approximate surface area is 244 Å². The Morgan fingerprint density at radius 1 is 1.05 bits per heavy atom. The molecular formula is C33H35F2N3O4. The molecule has 42 heavy (non-hydrogen) atoms. The van der Waals surface area contributed by atoms with Crippen LogP contribution >= 0.6 is 0 Å². The van der Waals surface area contributed by atoms with Crippen LogP contribution in [0.1, 0.15) is 59.2 Å². The van der Waals surface area contributed by atoms with E-state index in [0.29, 0.717) is 30.1 Å². The molecule has 0 aliphatic carbocycles. The minimum absolute atomic E-state index is 0.0300. The van der Waals surface area contributed by atoms with E-state index in [2.05, 4.69) is 11.4 Å². The van der Waals surface area contributed by atoms with Gasteiger partial charge in [-0.2, -0.15) is 0 Å². The van der Waals surface area contributed by atoms with Gasteiger partial charge in [-0.05, 0) is 85.7 Å². The number of halogens is 2. The fourth-order valence-corrected chi connectivity index (χ4v) is 5.53. The maximum absolute atomic E-state index is 14.3. The minimum atomic E-state index is -0.837. The van der Waals surface area contributed by atoms with Gasteiger partial charge in [0.25, 0.3) is 5.91 Å². The van der Waals surface area contributed by atoms with Crippen LogP contribution in [0.25, 0.3) is 0 Å².